The van der Waals surface area contributed by atoms with Crippen molar-refractivity contribution in [1.29, 1.82) is 0 Å². The van der Waals surface area contributed by atoms with Crippen molar-refractivity contribution in [3.63, 3.8) is 0 Å². The Kier molecular flexibility index (Phi) is 6.52. The van der Waals surface area contributed by atoms with Crippen LogP contribution in [0.3, 0.4) is 0 Å². The molecule has 2 heterocycles. The predicted octanol–water partition coefficient (Wildman–Crippen LogP) is 2.39. The lowest BCUT2D eigenvalue weighted by Gasteiger charge is -2.31. The minimum atomic E-state index is -3.84. The van der Waals surface area contributed by atoms with E-state index in [1.165, 1.54) is 18.2 Å². The maximum Gasteiger partial charge on any atom is 0.409 e. The molecule has 0 atom stereocenters. The fourth-order valence-corrected chi connectivity index (χ4v) is 6.06. The van der Waals surface area contributed by atoms with Crippen LogP contribution in [0.25, 0.3) is 0 Å². The van der Waals surface area contributed by atoms with E-state index in [0.717, 1.165) is 4.31 Å². The lowest BCUT2D eigenvalue weighted by atomic mass is 9.95. The molecule has 170 valence electrons. The Hall–Kier alpha value is -2.33. The van der Waals surface area contributed by atoms with Crippen LogP contribution in [0.4, 0.5) is 10.5 Å². The molecule has 1 aromatic rings. The van der Waals surface area contributed by atoms with E-state index >= 15 is 0 Å². The Morgan fingerprint density at radius 2 is 1.90 bits per heavy atom. The van der Waals surface area contributed by atoms with Crippen LogP contribution < -0.4 is 9.62 Å². The zero-order chi connectivity index (χ0) is 23.0. The lowest BCUT2D eigenvalue weighted by Crippen LogP contribution is -2.46. The van der Waals surface area contributed by atoms with Crippen LogP contribution in [0.1, 0.15) is 44.0 Å². The van der Waals surface area contributed by atoms with Gasteiger partial charge in [-0.05, 0) is 51.8 Å². The highest BCUT2D eigenvalue weighted by Crippen LogP contribution is 2.37. The van der Waals surface area contributed by atoms with Gasteiger partial charge in [0.15, 0.2) is 0 Å². The highest BCUT2D eigenvalue weighted by atomic mass is 35.5. The second-order valence-electron chi connectivity index (χ2n) is 8.31. The zero-order valence-corrected chi connectivity index (χ0v) is 19.3. The summed E-state index contributed by atoms with van der Waals surface area (Å²) >= 11 is 6.20. The standard InChI is InChI=1S/C20H26ClN3O6S/c1-4-30-19(27)23-9-7-13(8-10-23)22-17(25)15-11-14(5-6-16(15)21)24-18(26)20(2,3)12-31(24,28)29/h5-6,11,13H,4,7-10,12H2,1-3H3,(H,22,25). The average molecular weight is 472 g/mol. The third-order valence-electron chi connectivity index (χ3n) is 5.37. The number of halogens is 1. The van der Waals surface area contributed by atoms with Crippen molar-refractivity contribution in [2.24, 2.45) is 5.41 Å². The zero-order valence-electron chi connectivity index (χ0n) is 17.7. The number of anilines is 1. The molecule has 3 amide bonds. The van der Waals surface area contributed by atoms with E-state index in [1.54, 1.807) is 25.7 Å². The molecule has 0 radical (unpaired) electrons. The van der Waals surface area contributed by atoms with Crippen molar-refractivity contribution in [3.8, 4) is 0 Å². The van der Waals surface area contributed by atoms with Crippen molar-refractivity contribution in [2.45, 2.75) is 39.7 Å². The maximum absolute atomic E-state index is 12.8. The number of benzene rings is 1. The fraction of sp³-hybridized carbons (Fsp3) is 0.550. The number of likely N-dealkylation sites (tertiary alicyclic amines) is 1. The van der Waals surface area contributed by atoms with Crippen molar-refractivity contribution >= 4 is 45.2 Å². The quantitative estimate of drug-likeness (QED) is 0.721. The van der Waals surface area contributed by atoms with Crippen molar-refractivity contribution in [3.05, 3.63) is 28.8 Å². The van der Waals surface area contributed by atoms with E-state index in [0.29, 0.717) is 32.5 Å². The van der Waals surface area contributed by atoms with Crippen LogP contribution in [0.5, 0.6) is 0 Å². The van der Waals surface area contributed by atoms with Gasteiger partial charge in [-0.15, -0.1) is 0 Å². The summed E-state index contributed by atoms with van der Waals surface area (Å²) < 4.78 is 30.8. The fourth-order valence-electron chi connectivity index (χ4n) is 3.76. The molecule has 1 N–H and O–H groups in total. The molecule has 2 fully saturated rings. The Bertz CT molecular complexity index is 1000. The van der Waals surface area contributed by atoms with E-state index in [1.807, 2.05) is 0 Å². The van der Waals surface area contributed by atoms with Gasteiger partial charge in [0.05, 0.1) is 34.0 Å². The second-order valence-corrected chi connectivity index (χ2v) is 10.5. The van der Waals surface area contributed by atoms with Crippen LogP contribution in [-0.2, 0) is 19.6 Å². The number of nitrogens with zero attached hydrogens (tertiary/aromatic N) is 2. The Labute approximate surface area is 186 Å². The first-order chi connectivity index (χ1) is 14.5. The number of carbonyl (C=O) groups excluding carboxylic acids is 3. The molecule has 0 saturated carbocycles. The minimum absolute atomic E-state index is 0.0831. The van der Waals surface area contributed by atoms with Crippen LogP contribution in [0.15, 0.2) is 18.2 Å². The number of nitrogens with one attached hydrogen (secondary N) is 1. The largest absolute Gasteiger partial charge is 0.450 e. The number of amides is 3. The van der Waals surface area contributed by atoms with Crippen molar-refractivity contribution in [1.82, 2.24) is 10.2 Å². The molecule has 0 bridgehead atoms. The van der Waals surface area contributed by atoms with Crippen LogP contribution in [0.2, 0.25) is 5.02 Å². The number of ether oxygens (including phenoxy) is 1. The van der Waals surface area contributed by atoms with Crippen molar-refractivity contribution < 1.29 is 27.5 Å². The van der Waals surface area contributed by atoms with Crippen molar-refractivity contribution in [2.75, 3.05) is 29.8 Å². The number of piperidine rings is 1. The normalized spacial score (nSPS) is 20.6. The average Bonchev–Trinajstić information content (AvgIpc) is 2.85. The molecule has 31 heavy (non-hydrogen) atoms. The SMILES string of the molecule is CCOC(=O)N1CCC(NC(=O)c2cc(N3C(=O)C(C)(C)CS3(=O)=O)ccc2Cl)CC1. The summed E-state index contributed by atoms with van der Waals surface area (Å²) in [6.45, 7) is 6.08. The molecule has 0 unspecified atom stereocenters. The van der Waals surface area contributed by atoms with Gasteiger partial charge in [-0.25, -0.2) is 17.5 Å². The number of sulfonamides is 1. The summed E-state index contributed by atoms with van der Waals surface area (Å²) in [6, 6.07) is 3.97. The molecule has 9 nitrogen and oxygen atoms in total. The predicted molar refractivity (Wildman–Crippen MR) is 116 cm³/mol. The number of rotatable bonds is 4. The third-order valence-corrected chi connectivity index (χ3v) is 7.72. The van der Waals surface area contributed by atoms with Crippen LogP contribution >= 0.6 is 11.6 Å². The molecule has 2 saturated heterocycles. The molecule has 0 spiro atoms. The number of carbonyl (C=O) groups is 3. The van der Waals surface area contributed by atoms with Gasteiger partial charge in [-0.2, -0.15) is 0 Å². The summed E-state index contributed by atoms with van der Waals surface area (Å²) in [5, 5.41) is 3.03. The molecule has 0 aromatic heterocycles. The maximum atomic E-state index is 12.8. The highest BCUT2D eigenvalue weighted by molar-refractivity contribution is 7.94. The Balaban J connectivity index is 1.73. The highest BCUT2D eigenvalue weighted by Gasteiger charge is 2.50. The minimum Gasteiger partial charge on any atom is -0.450 e. The Morgan fingerprint density at radius 3 is 2.45 bits per heavy atom. The monoisotopic (exact) mass is 471 g/mol. The molecular weight excluding hydrogens is 446 g/mol. The first kappa shape index (κ1) is 23.3. The van der Waals surface area contributed by atoms with Gasteiger partial charge in [-0.3, -0.25) is 9.59 Å². The summed E-state index contributed by atoms with van der Waals surface area (Å²) in [4.78, 5) is 38.9. The molecular formula is C20H26ClN3O6S. The van der Waals surface area contributed by atoms with Gasteiger partial charge >= 0.3 is 6.09 Å². The van der Waals surface area contributed by atoms with Gasteiger partial charge in [0.1, 0.15) is 0 Å². The summed E-state index contributed by atoms with van der Waals surface area (Å²) in [6.07, 6.45) is 0.729. The topological polar surface area (TPSA) is 113 Å². The summed E-state index contributed by atoms with van der Waals surface area (Å²) in [5.74, 6) is -1.32. The van der Waals surface area contributed by atoms with E-state index < -0.39 is 27.3 Å². The first-order valence-electron chi connectivity index (χ1n) is 10.1. The summed E-state index contributed by atoms with van der Waals surface area (Å²) in [5.41, 5.74) is -0.879. The van der Waals surface area contributed by atoms with E-state index in [4.69, 9.17) is 16.3 Å². The number of hydrogen-bond donors (Lipinski definition) is 1. The molecule has 3 rings (SSSR count). The van der Waals surface area contributed by atoms with E-state index in [-0.39, 0.29) is 34.2 Å². The molecule has 1 aromatic carbocycles. The van der Waals surface area contributed by atoms with E-state index in [9.17, 15) is 22.8 Å². The number of hydrogen-bond acceptors (Lipinski definition) is 6. The summed E-state index contributed by atoms with van der Waals surface area (Å²) in [7, 11) is -3.84. The van der Waals surface area contributed by atoms with Crippen LogP contribution in [0, 0.1) is 5.41 Å². The first-order valence-corrected chi connectivity index (χ1v) is 12.0. The van der Waals surface area contributed by atoms with Crippen LogP contribution in [-0.4, -0.2) is 62.7 Å². The Morgan fingerprint density at radius 1 is 1.26 bits per heavy atom. The van der Waals surface area contributed by atoms with Gasteiger partial charge in [0.25, 0.3) is 5.91 Å². The van der Waals surface area contributed by atoms with Gasteiger partial charge in [-0.1, -0.05) is 11.6 Å². The third kappa shape index (κ3) is 4.79. The molecule has 11 heteroatoms. The van der Waals surface area contributed by atoms with E-state index in [2.05, 4.69) is 5.32 Å². The van der Waals surface area contributed by atoms with Gasteiger partial charge in [0.2, 0.25) is 15.9 Å². The second kappa shape index (κ2) is 8.66. The van der Waals surface area contributed by atoms with Gasteiger partial charge < -0.3 is 15.0 Å². The van der Waals surface area contributed by atoms with Gasteiger partial charge in [0, 0.05) is 19.1 Å². The molecule has 2 aliphatic rings. The smallest absolute Gasteiger partial charge is 0.409 e. The molecule has 2 aliphatic heterocycles. The molecule has 0 aliphatic carbocycles. The lowest BCUT2D eigenvalue weighted by molar-refractivity contribution is -0.123.